The minimum absolute atomic E-state index is 0. The van der Waals surface area contributed by atoms with Gasteiger partial charge in [0.05, 0.1) is 18.6 Å². The summed E-state index contributed by atoms with van der Waals surface area (Å²) in [4.78, 5) is 15.9. The third kappa shape index (κ3) is 9.22. The number of rotatable bonds is 11. The third-order valence-corrected chi connectivity index (χ3v) is 11.0. The monoisotopic (exact) mass is 785 g/mol. The van der Waals surface area contributed by atoms with E-state index in [4.69, 9.17) is 9.47 Å². The number of aromatic nitrogens is 4. The molecular weight excluding hydrogens is 746 g/mol. The van der Waals surface area contributed by atoms with Crippen molar-refractivity contribution in [3.05, 3.63) is 101 Å². The smallest absolute Gasteiger partial charge is 0.453 e. The summed E-state index contributed by atoms with van der Waals surface area (Å²) in [5.41, 5.74) is 2.97. The summed E-state index contributed by atoms with van der Waals surface area (Å²) in [5, 5.41) is 10.0. The highest BCUT2D eigenvalue weighted by Gasteiger charge is 2.44. The molecule has 0 saturated carbocycles. The number of tetrazole rings is 1. The number of halogens is 5. The van der Waals surface area contributed by atoms with Crippen LogP contribution in [0, 0.1) is 0 Å². The number of carbonyl (C=O) groups is 1. The fourth-order valence-corrected chi connectivity index (χ4v) is 8.35. The van der Waals surface area contributed by atoms with E-state index in [1.54, 1.807) is 12.1 Å². The van der Waals surface area contributed by atoms with Crippen LogP contribution in [0.4, 0.5) is 13.2 Å². The first-order valence-corrected chi connectivity index (χ1v) is 17.8. The Bertz CT molecular complexity index is 1850. The Morgan fingerprint density at radius 1 is 0.942 bits per heavy atom. The van der Waals surface area contributed by atoms with Gasteiger partial charge in [-0.3, -0.25) is 14.6 Å². The highest BCUT2D eigenvalue weighted by molar-refractivity contribution is 7.89. The molecular formula is C34H40Cl2F3N7O5S. The summed E-state index contributed by atoms with van der Waals surface area (Å²) in [7, 11) is -2.23. The van der Waals surface area contributed by atoms with Gasteiger partial charge in [-0.1, -0.05) is 60.7 Å². The van der Waals surface area contributed by atoms with E-state index in [2.05, 4.69) is 49.6 Å². The lowest BCUT2D eigenvalue weighted by molar-refractivity contribution is -0.146. The van der Waals surface area contributed by atoms with E-state index in [-0.39, 0.29) is 74.0 Å². The Hall–Kier alpha value is -3.80. The first-order valence-electron chi connectivity index (χ1n) is 16.2. The second-order valence-electron chi connectivity index (χ2n) is 12.4. The number of alkyl halides is 3. The van der Waals surface area contributed by atoms with Crippen LogP contribution in [0.5, 0.6) is 5.75 Å². The summed E-state index contributed by atoms with van der Waals surface area (Å²) in [5.74, 6) is -1.69. The van der Waals surface area contributed by atoms with Crippen LogP contribution in [-0.4, -0.2) is 113 Å². The van der Waals surface area contributed by atoms with Gasteiger partial charge in [0, 0.05) is 69.8 Å². The van der Waals surface area contributed by atoms with Gasteiger partial charge in [-0.15, -0.1) is 29.9 Å². The largest absolute Gasteiger partial charge is 0.496 e. The first-order chi connectivity index (χ1) is 23.9. The lowest BCUT2D eigenvalue weighted by Gasteiger charge is -2.53. The molecule has 2 aliphatic heterocycles. The van der Waals surface area contributed by atoms with Crippen molar-refractivity contribution in [3.8, 4) is 11.4 Å². The number of nitrogens with zero attached hydrogens (tertiary/aromatic N) is 7. The summed E-state index contributed by atoms with van der Waals surface area (Å²) in [6.45, 7) is 3.37. The normalized spacial score (nSPS) is 18.6. The average Bonchev–Trinajstić information content (AvgIpc) is 3.60. The minimum Gasteiger partial charge on any atom is -0.496 e. The summed E-state index contributed by atoms with van der Waals surface area (Å²) < 4.78 is 80.6. The second kappa shape index (κ2) is 17.4. The van der Waals surface area contributed by atoms with Crippen LogP contribution in [0.15, 0.2) is 78.9 Å². The van der Waals surface area contributed by atoms with Crippen molar-refractivity contribution in [2.75, 3.05) is 52.2 Å². The van der Waals surface area contributed by atoms with E-state index in [1.165, 1.54) is 24.4 Å². The number of benzene rings is 3. The molecule has 6 rings (SSSR count). The lowest BCUT2D eigenvalue weighted by atomic mass is 9.81. The van der Waals surface area contributed by atoms with Gasteiger partial charge in [-0.05, 0) is 39.8 Å². The lowest BCUT2D eigenvalue weighted by Crippen LogP contribution is -2.67. The molecule has 0 amide bonds. The molecule has 52 heavy (non-hydrogen) atoms. The van der Waals surface area contributed by atoms with Gasteiger partial charge in [-0.2, -0.15) is 22.2 Å². The van der Waals surface area contributed by atoms with Gasteiger partial charge in [0.1, 0.15) is 12.4 Å². The van der Waals surface area contributed by atoms with Crippen LogP contribution in [0.1, 0.15) is 35.4 Å². The van der Waals surface area contributed by atoms with E-state index in [1.807, 2.05) is 36.4 Å². The fraction of sp³-hybridized carbons (Fsp3) is 0.412. The number of fused-ring (bicyclic) bond motifs is 1. The predicted octanol–water partition coefficient (Wildman–Crippen LogP) is 4.43. The topological polar surface area (TPSA) is 123 Å². The molecule has 0 spiro atoms. The van der Waals surface area contributed by atoms with Crippen LogP contribution in [0.25, 0.3) is 5.69 Å². The van der Waals surface area contributed by atoms with Crippen molar-refractivity contribution in [2.24, 2.45) is 0 Å². The molecule has 0 bridgehead atoms. The molecule has 2 fully saturated rings. The number of ether oxygens (including phenoxy) is 2. The molecule has 12 nitrogen and oxygen atoms in total. The molecule has 2 aliphatic rings. The highest BCUT2D eigenvalue weighted by Crippen LogP contribution is 2.37. The Morgan fingerprint density at radius 2 is 1.60 bits per heavy atom. The number of carbonyl (C=O) groups excluding carboxylic acids is 1. The van der Waals surface area contributed by atoms with E-state index in [0.717, 1.165) is 11.1 Å². The molecule has 282 valence electrons. The maximum absolute atomic E-state index is 13.7. The maximum Gasteiger partial charge on any atom is 0.453 e. The molecule has 4 aromatic rings. The van der Waals surface area contributed by atoms with Crippen molar-refractivity contribution in [1.82, 2.24) is 34.3 Å². The first kappa shape index (κ1) is 41.0. The van der Waals surface area contributed by atoms with Crippen molar-refractivity contribution in [2.45, 2.75) is 37.6 Å². The molecule has 0 unspecified atom stereocenters. The van der Waals surface area contributed by atoms with Gasteiger partial charge in [0.15, 0.2) is 0 Å². The van der Waals surface area contributed by atoms with Crippen LogP contribution < -0.4 is 4.74 Å². The van der Waals surface area contributed by atoms with Crippen molar-refractivity contribution in [1.29, 1.82) is 0 Å². The van der Waals surface area contributed by atoms with Gasteiger partial charge in [-0.25, -0.2) is 8.42 Å². The number of methoxy groups -OCH3 is 1. The van der Waals surface area contributed by atoms with E-state index in [9.17, 15) is 26.4 Å². The molecule has 0 radical (unpaired) electrons. The van der Waals surface area contributed by atoms with Crippen molar-refractivity contribution < 1.29 is 35.9 Å². The Morgan fingerprint density at radius 3 is 2.19 bits per heavy atom. The predicted molar refractivity (Wildman–Crippen MR) is 191 cm³/mol. The molecule has 0 N–H and O–H groups in total. The van der Waals surface area contributed by atoms with Crippen LogP contribution in [-0.2, 0) is 32.3 Å². The van der Waals surface area contributed by atoms with Crippen molar-refractivity contribution >= 4 is 40.8 Å². The zero-order valence-corrected chi connectivity index (χ0v) is 30.9. The molecule has 0 aliphatic carbocycles. The second-order valence-corrected chi connectivity index (χ2v) is 14.5. The van der Waals surface area contributed by atoms with Crippen LogP contribution in [0.3, 0.4) is 0 Å². The number of hydrogen-bond donors (Lipinski definition) is 0. The molecule has 3 aromatic carbocycles. The summed E-state index contributed by atoms with van der Waals surface area (Å²) >= 11 is 0. The molecule has 2 atom stereocenters. The summed E-state index contributed by atoms with van der Waals surface area (Å²) in [6, 6.07) is 24.7. The molecule has 18 heteroatoms. The number of esters is 1. The Labute approximate surface area is 312 Å². The van der Waals surface area contributed by atoms with Crippen LogP contribution >= 0.6 is 24.8 Å². The van der Waals surface area contributed by atoms with Gasteiger partial charge >= 0.3 is 12.1 Å². The fourth-order valence-electron chi connectivity index (χ4n) is 7.04. The Balaban J connectivity index is 0.00000302. The van der Waals surface area contributed by atoms with Gasteiger partial charge in [0.25, 0.3) is 5.82 Å². The third-order valence-electron chi connectivity index (χ3n) is 9.20. The number of piperazine rings is 2. The minimum atomic E-state index is -4.76. The molecule has 3 heterocycles. The van der Waals surface area contributed by atoms with E-state index < -0.39 is 28.0 Å². The number of hydrogen-bond acceptors (Lipinski definition) is 10. The summed E-state index contributed by atoms with van der Waals surface area (Å²) in [6.07, 6.45) is -4.76. The molecule has 1 aromatic heterocycles. The standard InChI is InChI=1S/C34H38F3N7O5S.2ClH/c1-24(45)49-17-18-50(46,47)42-15-16-43-29(22-42)21-41(23-30(43)32(25-9-5-3-6-10-25)26-11-7-4-8-12-26)20-27-19-28(13-14-31(27)48-2)44-33(34(35,36)37)38-39-40-44;;/h3-14,19,29-30,32H,15-18,20-23H2,1-2H3;2*1H/t29-,30+;;/m1../s1. The van der Waals surface area contributed by atoms with Gasteiger partial charge in [0.2, 0.25) is 10.0 Å². The van der Waals surface area contributed by atoms with E-state index in [0.29, 0.717) is 42.2 Å². The zero-order chi connectivity index (χ0) is 35.5. The maximum atomic E-state index is 13.7. The highest BCUT2D eigenvalue weighted by atomic mass is 35.5. The van der Waals surface area contributed by atoms with E-state index >= 15 is 0 Å². The quantitative estimate of drug-likeness (QED) is 0.202. The Kier molecular flexibility index (Phi) is 13.7. The number of sulfonamides is 1. The average molecular weight is 787 g/mol. The van der Waals surface area contributed by atoms with Crippen LogP contribution in [0.2, 0.25) is 0 Å². The SMILES string of the molecule is COc1ccc(-n2nnnc2C(F)(F)F)cc1CN1C[C@@H]2CN(S(=O)(=O)CCOC(C)=O)CCN2[C@H](C(c2ccccc2)c2ccccc2)C1.Cl.Cl. The van der Waals surface area contributed by atoms with Crippen molar-refractivity contribution in [3.63, 3.8) is 0 Å². The van der Waals surface area contributed by atoms with Gasteiger partial charge < -0.3 is 9.47 Å². The molecule has 2 saturated heterocycles. The zero-order valence-electron chi connectivity index (χ0n) is 28.4.